The highest BCUT2D eigenvalue weighted by atomic mass is 32.2. The molecule has 0 spiro atoms. The van der Waals surface area contributed by atoms with E-state index in [0.29, 0.717) is 24.5 Å². The Balaban J connectivity index is 2.45. The highest BCUT2D eigenvalue weighted by Crippen LogP contribution is 2.30. The predicted molar refractivity (Wildman–Crippen MR) is 81.4 cm³/mol. The van der Waals surface area contributed by atoms with Crippen LogP contribution in [0.3, 0.4) is 0 Å². The zero-order chi connectivity index (χ0) is 15.0. The third-order valence-electron chi connectivity index (χ3n) is 3.64. The number of nitrogens with zero attached hydrogens (tertiary/aromatic N) is 1. The first-order chi connectivity index (χ1) is 9.23. The molecule has 0 bridgehead atoms. The summed E-state index contributed by atoms with van der Waals surface area (Å²) >= 11 is 0. The maximum atomic E-state index is 12.9. The lowest BCUT2D eigenvalue weighted by atomic mass is 9.87. The van der Waals surface area contributed by atoms with Gasteiger partial charge in [0.15, 0.2) is 0 Å². The quantitative estimate of drug-likeness (QED) is 0.907. The summed E-state index contributed by atoms with van der Waals surface area (Å²) in [6.45, 7) is 9.91. The minimum Gasteiger partial charge on any atom is -0.312 e. The normalized spacial score (nSPS) is 21.9. The maximum Gasteiger partial charge on any atom is 0.243 e. The zero-order valence-corrected chi connectivity index (χ0v) is 13.5. The molecule has 4 nitrogen and oxygen atoms in total. The molecule has 2 rings (SSSR count). The second-order valence-corrected chi connectivity index (χ2v) is 8.37. The van der Waals surface area contributed by atoms with E-state index in [4.69, 9.17) is 0 Å². The van der Waals surface area contributed by atoms with Crippen LogP contribution in [0.2, 0.25) is 0 Å². The lowest BCUT2D eigenvalue weighted by Crippen LogP contribution is -2.51. The summed E-state index contributed by atoms with van der Waals surface area (Å²) in [4.78, 5) is 0.446. The van der Waals surface area contributed by atoms with E-state index in [0.717, 1.165) is 5.56 Å². The second kappa shape index (κ2) is 5.47. The van der Waals surface area contributed by atoms with Crippen molar-refractivity contribution in [3.05, 3.63) is 29.8 Å². The van der Waals surface area contributed by atoms with Gasteiger partial charge < -0.3 is 5.32 Å². The molecule has 0 saturated carbocycles. The van der Waals surface area contributed by atoms with Crippen molar-refractivity contribution in [2.45, 2.75) is 44.0 Å². The Bertz CT molecular complexity index is 576. The molecule has 1 heterocycles. The molecule has 1 aliphatic heterocycles. The molecule has 1 atom stereocenters. The Morgan fingerprint density at radius 1 is 1.25 bits per heavy atom. The van der Waals surface area contributed by atoms with Gasteiger partial charge in [0.1, 0.15) is 0 Å². The average molecular weight is 296 g/mol. The molecule has 1 saturated heterocycles. The molecule has 1 fully saturated rings. The summed E-state index contributed by atoms with van der Waals surface area (Å²) in [5.74, 6) is 0. The van der Waals surface area contributed by atoms with Gasteiger partial charge in [-0.25, -0.2) is 8.42 Å². The summed E-state index contributed by atoms with van der Waals surface area (Å²) in [7, 11) is -3.42. The van der Waals surface area contributed by atoms with Gasteiger partial charge in [-0.3, -0.25) is 0 Å². The number of hydrogen-bond acceptors (Lipinski definition) is 3. The van der Waals surface area contributed by atoms with E-state index >= 15 is 0 Å². The largest absolute Gasteiger partial charge is 0.312 e. The number of nitrogens with one attached hydrogen (secondary N) is 1. The van der Waals surface area contributed by atoms with Crippen LogP contribution in [-0.2, 0) is 15.4 Å². The summed E-state index contributed by atoms with van der Waals surface area (Å²) in [5, 5.41) is 3.27. The Hall–Kier alpha value is -0.910. The summed E-state index contributed by atoms with van der Waals surface area (Å²) < 4.78 is 27.4. The Labute approximate surface area is 122 Å². The number of benzene rings is 1. The predicted octanol–water partition coefficient (Wildman–Crippen LogP) is 1.97. The van der Waals surface area contributed by atoms with Crippen LogP contribution in [0.25, 0.3) is 0 Å². The summed E-state index contributed by atoms with van der Waals surface area (Å²) in [6, 6.07) is 7.54. The first-order valence-corrected chi connectivity index (χ1v) is 8.50. The summed E-state index contributed by atoms with van der Waals surface area (Å²) in [5.41, 5.74) is 0.690. The third-order valence-corrected chi connectivity index (χ3v) is 5.57. The number of sulfonamides is 1. The van der Waals surface area contributed by atoms with E-state index in [1.807, 2.05) is 39.8 Å². The lowest BCUT2D eigenvalue weighted by Gasteiger charge is -2.32. The fraction of sp³-hybridized carbons (Fsp3) is 0.600. The molecular formula is C15H24N2O2S. The number of hydrogen-bond donors (Lipinski definition) is 1. The third kappa shape index (κ3) is 3.05. The Morgan fingerprint density at radius 2 is 1.90 bits per heavy atom. The second-order valence-electron chi connectivity index (χ2n) is 6.46. The van der Waals surface area contributed by atoms with Gasteiger partial charge in [-0.1, -0.05) is 39.0 Å². The number of rotatable bonds is 2. The van der Waals surface area contributed by atoms with Gasteiger partial charge in [-0.15, -0.1) is 0 Å². The molecule has 0 radical (unpaired) electrons. The van der Waals surface area contributed by atoms with Crippen molar-refractivity contribution < 1.29 is 8.42 Å². The van der Waals surface area contributed by atoms with E-state index in [1.54, 1.807) is 16.4 Å². The van der Waals surface area contributed by atoms with Crippen molar-refractivity contribution in [1.29, 1.82) is 0 Å². The van der Waals surface area contributed by atoms with Gasteiger partial charge in [-0.2, -0.15) is 4.31 Å². The molecule has 0 aromatic heterocycles. The number of piperazine rings is 1. The highest BCUT2D eigenvalue weighted by molar-refractivity contribution is 7.89. The van der Waals surface area contributed by atoms with Crippen molar-refractivity contribution in [1.82, 2.24) is 9.62 Å². The smallest absolute Gasteiger partial charge is 0.243 e. The van der Waals surface area contributed by atoms with Crippen LogP contribution in [0.5, 0.6) is 0 Å². The van der Waals surface area contributed by atoms with Crippen LogP contribution in [-0.4, -0.2) is 38.4 Å². The first kappa shape index (κ1) is 15.5. The molecule has 1 N–H and O–H groups in total. The molecule has 0 aliphatic carbocycles. The maximum absolute atomic E-state index is 12.9. The van der Waals surface area contributed by atoms with Crippen molar-refractivity contribution in [3.63, 3.8) is 0 Å². The van der Waals surface area contributed by atoms with Gasteiger partial charge in [0.25, 0.3) is 0 Å². The van der Waals surface area contributed by atoms with Gasteiger partial charge in [0.05, 0.1) is 4.90 Å². The Kier molecular flexibility index (Phi) is 4.23. The summed E-state index contributed by atoms with van der Waals surface area (Å²) in [6.07, 6.45) is 0. The molecule has 20 heavy (non-hydrogen) atoms. The fourth-order valence-corrected chi connectivity index (χ4v) is 4.50. The topological polar surface area (TPSA) is 49.4 Å². The molecule has 1 unspecified atom stereocenters. The van der Waals surface area contributed by atoms with E-state index in [1.165, 1.54) is 0 Å². The molecule has 1 aliphatic rings. The van der Waals surface area contributed by atoms with Gasteiger partial charge in [0, 0.05) is 25.7 Å². The van der Waals surface area contributed by atoms with E-state index in [2.05, 4.69) is 5.32 Å². The molecule has 1 aromatic carbocycles. The minimum atomic E-state index is -3.42. The van der Waals surface area contributed by atoms with Crippen molar-refractivity contribution in [2.75, 3.05) is 19.6 Å². The molecule has 5 heteroatoms. The van der Waals surface area contributed by atoms with Crippen LogP contribution >= 0.6 is 0 Å². The Morgan fingerprint density at radius 3 is 2.50 bits per heavy atom. The van der Waals surface area contributed by atoms with Crippen molar-refractivity contribution >= 4 is 10.0 Å². The van der Waals surface area contributed by atoms with Crippen LogP contribution in [0.15, 0.2) is 29.2 Å². The molecular weight excluding hydrogens is 272 g/mol. The lowest BCUT2D eigenvalue weighted by molar-refractivity contribution is 0.309. The van der Waals surface area contributed by atoms with Crippen molar-refractivity contribution in [2.24, 2.45) is 0 Å². The minimum absolute atomic E-state index is 0.191. The van der Waals surface area contributed by atoms with E-state index < -0.39 is 10.0 Å². The van der Waals surface area contributed by atoms with Gasteiger partial charge >= 0.3 is 0 Å². The SMILES string of the molecule is CC1CN(S(=O)(=O)c2ccccc2C(C)(C)C)CCN1. The van der Waals surface area contributed by atoms with E-state index in [9.17, 15) is 8.42 Å². The van der Waals surface area contributed by atoms with Crippen molar-refractivity contribution in [3.8, 4) is 0 Å². The first-order valence-electron chi connectivity index (χ1n) is 7.06. The van der Waals surface area contributed by atoms with Crippen LogP contribution in [0.4, 0.5) is 0 Å². The van der Waals surface area contributed by atoms with Crippen LogP contribution in [0.1, 0.15) is 33.3 Å². The van der Waals surface area contributed by atoms with Crippen LogP contribution < -0.4 is 5.32 Å². The fourth-order valence-electron chi connectivity index (χ4n) is 2.57. The molecule has 1 aromatic rings. The monoisotopic (exact) mass is 296 g/mol. The van der Waals surface area contributed by atoms with Crippen LogP contribution in [0, 0.1) is 0 Å². The zero-order valence-electron chi connectivity index (χ0n) is 12.7. The molecule has 0 amide bonds. The highest BCUT2D eigenvalue weighted by Gasteiger charge is 2.32. The van der Waals surface area contributed by atoms with Gasteiger partial charge in [0.2, 0.25) is 10.0 Å². The molecule has 112 valence electrons. The standard InChI is InChI=1S/C15H24N2O2S/c1-12-11-17(10-9-16-12)20(18,19)14-8-6-5-7-13(14)15(2,3)4/h5-8,12,16H,9-11H2,1-4H3. The average Bonchev–Trinajstić information content (AvgIpc) is 2.38. The van der Waals surface area contributed by atoms with E-state index in [-0.39, 0.29) is 11.5 Å². The van der Waals surface area contributed by atoms with Gasteiger partial charge in [-0.05, 0) is 24.0 Å².